The molecule has 0 spiro atoms. The highest BCUT2D eigenvalue weighted by molar-refractivity contribution is 7.98. The van der Waals surface area contributed by atoms with Gasteiger partial charge in [0.1, 0.15) is 5.75 Å². The van der Waals surface area contributed by atoms with Gasteiger partial charge in [0.25, 0.3) is 0 Å². The predicted octanol–water partition coefficient (Wildman–Crippen LogP) is 6.42. The largest absolute Gasteiger partial charge is 0.494 e. The first kappa shape index (κ1) is 21.4. The zero-order valence-electron chi connectivity index (χ0n) is 16.7. The summed E-state index contributed by atoms with van der Waals surface area (Å²) in [5.74, 6) is 1.70. The molecule has 0 heterocycles. The third-order valence-electron chi connectivity index (χ3n) is 4.53. The van der Waals surface area contributed by atoms with E-state index in [0.29, 0.717) is 5.92 Å². The fourth-order valence-corrected chi connectivity index (χ4v) is 3.94. The van der Waals surface area contributed by atoms with E-state index in [1.807, 2.05) is 11.8 Å². The highest BCUT2D eigenvalue weighted by Crippen LogP contribution is 2.29. The molecule has 0 saturated carbocycles. The minimum atomic E-state index is 0.0130. The fourth-order valence-electron chi connectivity index (χ4n) is 3.18. The van der Waals surface area contributed by atoms with E-state index in [-0.39, 0.29) is 5.60 Å². The summed E-state index contributed by atoms with van der Waals surface area (Å²) in [5.41, 5.74) is 2.63. The van der Waals surface area contributed by atoms with Crippen LogP contribution in [-0.2, 0) is 4.74 Å². The summed E-state index contributed by atoms with van der Waals surface area (Å²) >= 11 is 1.81. The molecule has 1 aromatic carbocycles. The van der Waals surface area contributed by atoms with E-state index in [1.54, 1.807) is 0 Å². The number of aryl methyl sites for hydroxylation is 2. The zero-order chi connectivity index (χ0) is 18.2. The Kier molecular flexibility index (Phi) is 9.22. The number of thioether (sulfide) groups is 1. The maximum absolute atomic E-state index is 5.99. The lowest BCUT2D eigenvalue weighted by Crippen LogP contribution is -2.24. The number of benzene rings is 1. The third-order valence-corrected chi connectivity index (χ3v) is 5.58. The Morgan fingerprint density at radius 2 is 1.75 bits per heavy atom. The van der Waals surface area contributed by atoms with E-state index in [4.69, 9.17) is 9.47 Å². The molecule has 0 bridgehead atoms. The summed E-state index contributed by atoms with van der Waals surface area (Å²) in [4.78, 5) is 1.37. The molecule has 0 fully saturated rings. The van der Waals surface area contributed by atoms with Crippen molar-refractivity contribution in [3.63, 3.8) is 0 Å². The van der Waals surface area contributed by atoms with Gasteiger partial charge in [-0.1, -0.05) is 19.8 Å². The molecular formula is C21H36O2S. The average molecular weight is 353 g/mol. The molecule has 138 valence electrons. The van der Waals surface area contributed by atoms with Crippen molar-refractivity contribution in [2.45, 2.75) is 77.7 Å². The second kappa shape index (κ2) is 10.4. The van der Waals surface area contributed by atoms with Crippen molar-refractivity contribution in [2.75, 3.05) is 19.5 Å². The molecule has 0 saturated heterocycles. The Labute approximate surface area is 153 Å². The number of hydrogen-bond acceptors (Lipinski definition) is 3. The van der Waals surface area contributed by atoms with Gasteiger partial charge in [-0.3, -0.25) is 0 Å². The Bertz CT molecular complexity index is 474. The molecule has 1 aromatic rings. The van der Waals surface area contributed by atoms with Crippen LogP contribution in [0.3, 0.4) is 0 Å². The van der Waals surface area contributed by atoms with Crippen LogP contribution in [0.5, 0.6) is 5.75 Å². The SMILES string of the molecule is CCOC(C)(C)CCCC(C)CCOc1cc(C)c(SC)c(C)c1. The van der Waals surface area contributed by atoms with Crippen molar-refractivity contribution < 1.29 is 9.47 Å². The van der Waals surface area contributed by atoms with Gasteiger partial charge in [0.05, 0.1) is 12.2 Å². The average Bonchev–Trinajstić information content (AvgIpc) is 2.46. The molecule has 1 unspecified atom stereocenters. The quantitative estimate of drug-likeness (QED) is 0.428. The molecule has 0 aliphatic heterocycles. The predicted molar refractivity (Wildman–Crippen MR) is 107 cm³/mol. The maximum atomic E-state index is 5.99. The Morgan fingerprint density at radius 1 is 1.12 bits per heavy atom. The first-order valence-electron chi connectivity index (χ1n) is 9.21. The molecular weight excluding hydrogens is 316 g/mol. The van der Waals surface area contributed by atoms with Gasteiger partial charge in [0.2, 0.25) is 0 Å². The van der Waals surface area contributed by atoms with E-state index in [1.165, 1.54) is 28.9 Å². The van der Waals surface area contributed by atoms with Crippen molar-refractivity contribution in [3.05, 3.63) is 23.3 Å². The number of ether oxygens (including phenoxy) is 2. The first-order chi connectivity index (χ1) is 11.3. The van der Waals surface area contributed by atoms with Gasteiger partial charge in [0, 0.05) is 11.5 Å². The molecule has 1 atom stereocenters. The van der Waals surface area contributed by atoms with Gasteiger partial charge in [-0.25, -0.2) is 0 Å². The minimum Gasteiger partial charge on any atom is -0.494 e. The van der Waals surface area contributed by atoms with Crippen molar-refractivity contribution in [3.8, 4) is 5.75 Å². The summed E-state index contributed by atoms with van der Waals surface area (Å²) in [5, 5.41) is 0. The van der Waals surface area contributed by atoms with E-state index >= 15 is 0 Å². The molecule has 3 heteroatoms. The lowest BCUT2D eigenvalue weighted by Gasteiger charge is -2.25. The summed E-state index contributed by atoms with van der Waals surface area (Å²) in [7, 11) is 0. The Balaban J connectivity index is 2.32. The zero-order valence-corrected chi connectivity index (χ0v) is 17.5. The van der Waals surface area contributed by atoms with Crippen LogP contribution in [0.2, 0.25) is 0 Å². The van der Waals surface area contributed by atoms with Gasteiger partial charge < -0.3 is 9.47 Å². The van der Waals surface area contributed by atoms with E-state index in [0.717, 1.165) is 31.8 Å². The van der Waals surface area contributed by atoms with Crippen LogP contribution in [0, 0.1) is 19.8 Å². The van der Waals surface area contributed by atoms with Gasteiger partial charge >= 0.3 is 0 Å². The Morgan fingerprint density at radius 3 is 2.29 bits per heavy atom. The van der Waals surface area contributed by atoms with Crippen molar-refractivity contribution in [1.29, 1.82) is 0 Å². The topological polar surface area (TPSA) is 18.5 Å². The van der Waals surface area contributed by atoms with Crippen LogP contribution in [-0.4, -0.2) is 25.1 Å². The second-order valence-electron chi connectivity index (χ2n) is 7.42. The monoisotopic (exact) mass is 352 g/mol. The second-order valence-corrected chi connectivity index (χ2v) is 8.23. The molecule has 0 aliphatic carbocycles. The summed E-state index contributed by atoms with van der Waals surface area (Å²) in [6.45, 7) is 14.7. The molecule has 24 heavy (non-hydrogen) atoms. The third kappa shape index (κ3) is 7.48. The van der Waals surface area contributed by atoms with E-state index in [2.05, 4.69) is 59.9 Å². The summed E-state index contributed by atoms with van der Waals surface area (Å²) in [6.07, 6.45) is 6.82. The number of rotatable bonds is 11. The first-order valence-corrected chi connectivity index (χ1v) is 10.4. The maximum Gasteiger partial charge on any atom is 0.119 e. The van der Waals surface area contributed by atoms with E-state index < -0.39 is 0 Å². The van der Waals surface area contributed by atoms with Crippen LogP contribution in [0.1, 0.15) is 64.5 Å². The smallest absolute Gasteiger partial charge is 0.119 e. The molecule has 0 radical (unpaired) electrons. The Hall–Kier alpha value is -0.670. The van der Waals surface area contributed by atoms with Gasteiger partial charge in [0.15, 0.2) is 0 Å². The molecule has 0 aliphatic rings. The normalized spacial score (nSPS) is 13.1. The number of hydrogen-bond donors (Lipinski definition) is 0. The van der Waals surface area contributed by atoms with Crippen LogP contribution in [0.4, 0.5) is 0 Å². The molecule has 1 rings (SSSR count). The van der Waals surface area contributed by atoms with Crippen LogP contribution in [0.25, 0.3) is 0 Å². The van der Waals surface area contributed by atoms with Crippen LogP contribution < -0.4 is 4.74 Å². The highest BCUT2D eigenvalue weighted by Gasteiger charge is 2.17. The van der Waals surface area contributed by atoms with Crippen molar-refractivity contribution in [2.24, 2.45) is 5.92 Å². The molecule has 0 aromatic heterocycles. The lowest BCUT2D eigenvalue weighted by atomic mass is 9.95. The highest BCUT2D eigenvalue weighted by atomic mass is 32.2. The van der Waals surface area contributed by atoms with Crippen molar-refractivity contribution >= 4 is 11.8 Å². The molecule has 0 amide bonds. The van der Waals surface area contributed by atoms with Crippen molar-refractivity contribution in [1.82, 2.24) is 0 Å². The summed E-state index contributed by atoms with van der Waals surface area (Å²) in [6, 6.07) is 4.32. The molecule has 0 N–H and O–H groups in total. The summed E-state index contributed by atoms with van der Waals surface area (Å²) < 4.78 is 11.8. The van der Waals surface area contributed by atoms with Crippen LogP contribution in [0.15, 0.2) is 17.0 Å². The van der Waals surface area contributed by atoms with Gasteiger partial charge in [-0.2, -0.15) is 0 Å². The van der Waals surface area contributed by atoms with E-state index in [9.17, 15) is 0 Å². The minimum absolute atomic E-state index is 0.0130. The fraction of sp³-hybridized carbons (Fsp3) is 0.714. The standard InChI is InChI=1S/C21H36O2S/c1-8-23-21(5,6)12-9-10-16(2)11-13-22-19-14-17(3)20(24-7)18(4)15-19/h14-16H,8-13H2,1-7H3. The lowest BCUT2D eigenvalue weighted by molar-refractivity contribution is -0.0183. The van der Waals surface area contributed by atoms with Gasteiger partial charge in [-0.05, 0) is 82.9 Å². The van der Waals surface area contributed by atoms with Gasteiger partial charge in [-0.15, -0.1) is 11.8 Å². The van der Waals surface area contributed by atoms with Crippen LogP contribution >= 0.6 is 11.8 Å². The molecule has 2 nitrogen and oxygen atoms in total.